The maximum Gasteiger partial charge on any atom is 0.284 e. The number of carbonyl (C=O) groups is 1. The van der Waals surface area contributed by atoms with Gasteiger partial charge in [0.15, 0.2) is 5.75 Å². The Labute approximate surface area is 159 Å². The van der Waals surface area contributed by atoms with Crippen LogP contribution >= 0.6 is 43.6 Å². The second kappa shape index (κ2) is 7.13. The number of thioether (sulfide) groups is 1. The molecular formula is C17H11Br2NO3S. The molecule has 0 unspecified atom stereocenters. The number of benzene rings is 2. The normalized spacial score (nSPS) is 15.7. The van der Waals surface area contributed by atoms with E-state index in [1.807, 2.05) is 30.3 Å². The van der Waals surface area contributed by atoms with Crippen molar-refractivity contribution in [3.8, 4) is 11.5 Å². The summed E-state index contributed by atoms with van der Waals surface area (Å²) in [6.07, 6.45) is 1.62. The van der Waals surface area contributed by atoms with Gasteiger partial charge in [0.2, 0.25) is 0 Å². The third-order valence-electron chi connectivity index (χ3n) is 3.31. The number of hydrogen-bond donors (Lipinski definition) is 1. The molecule has 0 radical (unpaired) electrons. The maximum atomic E-state index is 12.2. The smallest absolute Gasteiger partial charge is 0.284 e. The number of hydrogen-bond acceptors (Lipinski definition) is 4. The summed E-state index contributed by atoms with van der Waals surface area (Å²) < 4.78 is 6.30. The summed E-state index contributed by atoms with van der Waals surface area (Å²) in [5, 5.41) is 11.0. The molecule has 122 valence electrons. The summed E-state index contributed by atoms with van der Waals surface area (Å²) in [4.78, 5) is 16.7. The molecule has 0 saturated carbocycles. The van der Waals surface area contributed by atoms with Gasteiger partial charge in [0, 0.05) is 11.1 Å². The molecule has 7 heteroatoms. The highest BCUT2D eigenvalue weighted by Crippen LogP contribution is 2.43. The molecule has 0 saturated heterocycles. The third kappa shape index (κ3) is 3.29. The number of amides is 1. The van der Waals surface area contributed by atoms with Crippen LogP contribution in [-0.4, -0.2) is 23.2 Å². The van der Waals surface area contributed by atoms with E-state index in [0.717, 1.165) is 5.56 Å². The van der Waals surface area contributed by atoms with Crippen LogP contribution < -0.4 is 4.74 Å². The van der Waals surface area contributed by atoms with Gasteiger partial charge in [0.1, 0.15) is 15.3 Å². The lowest BCUT2D eigenvalue weighted by atomic mass is 10.1. The Bertz CT molecular complexity index is 879. The van der Waals surface area contributed by atoms with Crippen LogP contribution in [0.25, 0.3) is 6.08 Å². The average molecular weight is 469 g/mol. The van der Waals surface area contributed by atoms with Crippen molar-refractivity contribution in [2.45, 2.75) is 0 Å². The minimum Gasteiger partial charge on any atom is -0.506 e. The van der Waals surface area contributed by atoms with E-state index in [9.17, 15) is 9.90 Å². The first kappa shape index (κ1) is 17.3. The van der Waals surface area contributed by atoms with Crippen LogP contribution in [0.15, 0.2) is 55.2 Å². The van der Waals surface area contributed by atoms with E-state index in [-0.39, 0.29) is 11.7 Å². The first-order chi connectivity index (χ1) is 11.5. The second-order valence-corrected chi connectivity index (χ2v) is 7.52. The lowest BCUT2D eigenvalue weighted by Crippen LogP contribution is -1.91. The van der Waals surface area contributed by atoms with Gasteiger partial charge in [-0.1, -0.05) is 42.1 Å². The molecule has 0 aromatic heterocycles. The Balaban J connectivity index is 1.96. The largest absolute Gasteiger partial charge is 0.506 e. The van der Waals surface area contributed by atoms with Crippen molar-refractivity contribution >= 4 is 60.6 Å². The van der Waals surface area contributed by atoms with Crippen molar-refractivity contribution < 1.29 is 14.6 Å². The van der Waals surface area contributed by atoms with Crippen LogP contribution in [0.4, 0.5) is 0 Å². The van der Waals surface area contributed by atoms with Crippen LogP contribution in [0, 0.1) is 0 Å². The third-order valence-corrected chi connectivity index (χ3v) is 5.67. The zero-order valence-electron chi connectivity index (χ0n) is 12.4. The molecule has 0 bridgehead atoms. The van der Waals surface area contributed by atoms with Crippen LogP contribution in [0.3, 0.4) is 0 Å². The topological polar surface area (TPSA) is 58.9 Å². The molecule has 3 rings (SSSR count). The van der Waals surface area contributed by atoms with Gasteiger partial charge in [-0.3, -0.25) is 4.79 Å². The Morgan fingerprint density at radius 3 is 2.62 bits per heavy atom. The molecule has 1 heterocycles. The Morgan fingerprint density at radius 1 is 1.25 bits per heavy atom. The number of halogens is 2. The molecule has 0 fully saturated rings. The minimum absolute atomic E-state index is 0.00381. The minimum atomic E-state index is -0.318. The van der Waals surface area contributed by atoms with Crippen molar-refractivity contribution in [1.82, 2.24) is 0 Å². The van der Waals surface area contributed by atoms with Gasteiger partial charge in [-0.25, -0.2) is 4.99 Å². The van der Waals surface area contributed by atoms with Crippen molar-refractivity contribution in [1.29, 1.82) is 0 Å². The molecule has 2 aromatic carbocycles. The fourth-order valence-corrected chi connectivity index (χ4v) is 4.55. The molecule has 4 nitrogen and oxygen atoms in total. The molecule has 2 aromatic rings. The number of methoxy groups -OCH3 is 1. The Kier molecular flexibility index (Phi) is 5.12. The number of phenols is 1. The molecule has 24 heavy (non-hydrogen) atoms. The predicted molar refractivity (Wildman–Crippen MR) is 104 cm³/mol. The lowest BCUT2D eigenvalue weighted by Gasteiger charge is -2.10. The summed E-state index contributed by atoms with van der Waals surface area (Å²) in [6, 6.07) is 11.2. The zero-order valence-corrected chi connectivity index (χ0v) is 16.4. The Morgan fingerprint density at radius 2 is 1.96 bits per heavy atom. The van der Waals surface area contributed by atoms with E-state index in [0.29, 0.717) is 30.2 Å². The molecule has 0 spiro atoms. The number of rotatable bonds is 3. The Hall–Kier alpha value is -1.57. The van der Waals surface area contributed by atoms with Gasteiger partial charge in [-0.2, -0.15) is 0 Å². The summed E-state index contributed by atoms with van der Waals surface area (Å²) in [6.45, 7) is 0. The zero-order chi connectivity index (χ0) is 17.3. The van der Waals surface area contributed by atoms with Crippen LogP contribution in [-0.2, 0) is 4.79 Å². The van der Waals surface area contributed by atoms with Gasteiger partial charge in [0.05, 0.1) is 16.5 Å². The SMILES string of the molecule is COc1c(Br)cc(C=C2SC(c3ccccc3)=NC2=O)c(O)c1Br. The van der Waals surface area contributed by atoms with Gasteiger partial charge in [-0.15, -0.1) is 0 Å². The fraction of sp³-hybridized carbons (Fsp3) is 0.0588. The van der Waals surface area contributed by atoms with Crippen molar-refractivity contribution in [2.24, 2.45) is 4.99 Å². The predicted octanol–water partition coefficient (Wildman–Crippen LogP) is 4.99. The van der Waals surface area contributed by atoms with E-state index in [2.05, 4.69) is 36.9 Å². The quantitative estimate of drug-likeness (QED) is 0.645. The standard InChI is InChI=1S/C17H11Br2NO3S/c1-23-15-11(18)7-10(14(21)13(15)19)8-12-16(22)20-17(24-12)9-5-3-2-4-6-9/h2-8,21H,1H3. The van der Waals surface area contributed by atoms with Crippen LogP contribution in [0.1, 0.15) is 11.1 Å². The first-order valence-electron chi connectivity index (χ1n) is 6.84. The van der Waals surface area contributed by atoms with Crippen molar-refractivity contribution in [2.75, 3.05) is 7.11 Å². The number of aliphatic imine (C=N–C) groups is 1. The first-order valence-corrected chi connectivity index (χ1v) is 9.24. The fourth-order valence-electron chi connectivity index (χ4n) is 2.16. The number of ether oxygens (including phenoxy) is 1. The van der Waals surface area contributed by atoms with Gasteiger partial charge in [0.25, 0.3) is 5.91 Å². The highest BCUT2D eigenvalue weighted by Gasteiger charge is 2.24. The van der Waals surface area contributed by atoms with E-state index in [4.69, 9.17) is 4.74 Å². The lowest BCUT2D eigenvalue weighted by molar-refractivity contribution is -0.113. The number of phenolic OH excluding ortho intramolecular Hbond substituents is 1. The van der Waals surface area contributed by atoms with Gasteiger partial charge >= 0.3 is 0 Å². The van der Waals surface area contributed by atoms with E-state index < -0.39 is 0 Å². The molecule has 0 aliphatic carbocycles. The second-order valence-electron chi connectivity index (χ2n) is 4.84. The highest BCUT2D eigenvalue weighted by atomic mass is 79.9. The molecule has 1 amide bonds. The van der Waals surface area contributed by atoms with Gasteiger partial charge in [-0.05, 0) is 44.0 Å². The van der Waals surface area contributed by atoms with Crippen molar-refractivity contribution in [3.05, 3.63) is 61.4 Å². The summed E-state index contributed by atoms with van der Waals surface area (Å²) in [5.74, 6) is 0.173. The average Bonchev–Trinajstić information content (AvgIpc) is 2.94. The molecule has 1 aliphatic rings. The molecule has 1 N–H and O–H groups in total. The van der Waals surface area contributed by atoms with E-state index in [1.165, 1.54) is 18.9 Å². The van der Waals surface area contributed by atoms with E-state index in [1.54, 1.807) is 12.1 Å². The number of carbonyl (C=O) groups excluding carboxylic acids is 1. The highest BCUT2D eigenvalue weighted by molar-refractivity contribution is 9.11. The molecule has 0 atom stereocenters. The number of nitrogens with zero attached hydrogens (tertiary/aromatic N) is 1. The maximum absolute atomic E-state index is 12.2. The van der Waals surface area contributed by atoms with Crippen LogP contribution in [0.5, 0.6) is 11.5 Å². The number of aromatic hydroxyl groups is 1. The summed E-state index contributed by atoms with van der Waals surface area (Å²) in [5.41, 5.74) is 1.38. The van der Waals surface area contributed by atoms with E-state index >= 15 is 0 Å². The van der Waals surface area contributed by atoms with Gasteiger partial charge < -0.3 is 9.84 Å². The van der Waals surface area contributed by atoms with Crippen LogP contribution in [0.2, 0.25) is 0 Å². The van der Waals surface area contributed by atoms with Crippen molar-refractivity contribution in [3.63, 3.8) is 0 Å². The molecular weight excluding hydrogens is 458 g/mol. The summed E-state index contributed by atoms with van der Waals surface area (Å²) >= 11 is 7.98. The monoisotopic (exact) mass is 467 g/mol. The summed E-state index contributed by atoms with van der Waals surface area (Å²) in [7, 11) is 1.51. The molecule has 1 aliphatic heterocycles.